The van der Waals surface area contributed by atoms with Gasteiger partial charge in [0, 0.05) is 31.9 Å². The van der Waals surface area contributed by atoms with Gasteiger partial charge in [-0.25, -0.2) is 9.78 Å². The minimum atomic E-state index is -0.673. The Bertz CT molecular complexity index is 2650. The van der Waals surface area contributed by atoms with Crippen LogP contribution in [0, 0.1) is 17.3 Å². The molecule has 3 saturated heterocycles. The maximum Gasteiger partial charge on any atom is 0.407 e. The molecule has 13 heteroatoms. The number of aromatic nitrogens is 2. The lowest BCUT2D eigenvalue weighted by molar-refractivity contribution is -0.141. The predicted octanol–water partition coefficient (Wildman–Crippen LogP) is 7.60. The summed E-state index contributed by atoms with van der Waals surface area (Å²) in [7, 11) is 1.32. The molecule has 66 heavy (non-hydrogen) atoms. The van der Waals surface area contributed by atoms with E-state index in [1.165, 1.54) is 20.0 Å². The number of fused-ring (bicyclic) bond motifs is 3. The Kier molecular flexibility index (Phi) is 11.1. The van der Waals surface area contributed by atoms with E-state index in [2.05, 4.69) is 110 Å². The number of hydrogen-bond acceptors (Lipinski definition) is 9. The summed E-state index contributed by atoms with van der Waals surface area (Å²) in [5.74, 6) is 1.13. The number of carbonyl (C=O) groups excluding carboxylic acids is 3. The van der Waals surface area contributed by atoms with Crippen LogP contribution < -0.4 is 16.0 Å². The van der Waals surface area contributed by atoms with E-state index < -0.39 is 12.1 Å². The summed E-state index contributed by atoms with van der Waals surface area (Å²) in [6.45, 7) is 7.48. The van der Waals surface area contributed by atoms with Crippen molar-refractivity contribution >= 4 is 34.4 Å². The molecule has 3 amide bonds. The van der Waals surface area contributed by atoms with Crippen LogP contribution in [0.25, 0.3) is 38.9 Å². The first-order chi connectivity index (χ1) is 32.1. The van der Waals surface area contributed by atoms with Gasteiger partial charge in [0.15, 0.2) is 0 Å². The molecule has 2 saturated carbocycles. The molecule has 1 spiro atoms. The SMILES string of the molecule is COC(=O)N[C@H](C(=O)N1C(c2ncc(-c3ccc(-c4ccc5cc(C6=CNC(C7CC8(CC8)CN7C(=O)C(c7ccccc7)N7CCOCC7)N6)ccc5c4)cc3)[nH]2)[C@H]2CC[C@@H]1C2)C(C)C. The molecule has 2 bridgehead atoms. The van der Waals surface area contributed by atoms with Crippen molar-refractivity contribution in [3.63, 3.8) is 0 Å². The minimum absolute atomic E-state index is 0.0370. The molecule has 1 aromatic heterocycles. The van der Waals surface area contributed by atoms with E-state index in [-0.39, 0.29) is 53.5 Å². The molecule has 4 unspecified atom stereocenters. The maximum atomic E-state index is 14.7. The number of aromatic amines is 1. The van der Waals surface area contributed by atoms with Crippen LogP contribution in [0.4, 0.5) is 4.79 Å². The highest BCUT2D eigenvalue weighted by atomic mass is 16.5. The van der Waals surface area contributed by atoms with Crippen LogP contribution >= 0.6 is 0 Å². The fourth-order valence-electron chi connectivity index (χ4n) is 11.7. The molecule has 342 valence electrons. The molecule has 4 N–H and O–H groups in total. The molecule has 2 aliphatic carbocycles. The molecule has 5 aromatic rings. The molecule has 6 aliphatic rings. The fourth-order valence-corrected chi connectivity index (χ4v) is 11.7. The number of benzene rings is 4. The van der Waals surface area contributed by atoms with Crippen LogP contribution in [-0.4, -0.2) is 107 Å². The van der Waals surface area contributed by atoms with Gasteiger partial charge in [-0.05, 0) is 106 Å². The summed E-state index contributed by atoms with van der Waals surface area (Å²) in [5.41, 5.74) is 7.60. The van der Waals surface area contributed by atoms with Gasteiger partial charge >= 0.3 is 6.09 Å². The van der Waals surface area contributed by atoms with Crippen molar-refractivity contribution in [2.45, 2.75) is 88.7 Å². The zero-order valence-electron chi connectivity index (χ0n) is 38.0. The smallest absolute Gasteiger partial charge is 0.407 e. The molecule has 4 aliphatic heterocycles. The summed E-state index contributed by atoms with van der Waals surface area (Å²) < 4.78 is 10.5. The molecule has 0 radical (unpaired) electrons. The zero-order valence-corrected chi connectivity index (χ0v) is 38.0. The van der Waals surface area contributed by atoms with Gasteiger partial charge in [-0.3, -0.25) is 14.5 Å². The number of morpholine rings is 1. The van der Waals surface area contributed by atoms with Crippen LogP contribution in [0.15, 0.2) is 103 Å². The second kappa shape index (κ2) is 17.2. The number of nitrogens with one attached hydrogen (secondary N) is 4. The van der Waals surface area contributed by atoms with Crippen LogP contribution in [-0.2, 0) is 19.1 Å². The number of nitrogens with zero attached hydrogens (tertiary/aromatic N) is 4. The topological polar surface area (TPSA) is 144 Å². The molecule has 5 fully saturated rings. The Hall–Kier alpha value is -6.18. The van der Waals surface area contributed by atoms with Gasteiger partial charge in [0.2, 0.25) is 11.8 Å². The van der Waals surface area contributed by atoms with Gasteiger partial charge in [0.05, 0.1) is 50.0 Å². The molecule has 13 nitrogen and oxygen atoms in total. The number of rotatable bonds is 11. The molecular weight excluding hydrogens is 829 g/mol. The maximum absolute atomic E-state index is 14.7. The Labute approximate surface area is 386 Å². The number of hydrogen-bond donors (Lipinski definition) is 4. The van der Waals surface area contributed by atoms with Crippen molar-refractivity contribution in [2.24, 2.45) is 17.3 Å². The lowest BCUT2D eigenvalue weighted by Crippen LogP contribution is -2.55. The highest BCUT2D eigenvalue weighted by Gasteiger charge is 2.56. The third kappa shape index (κ3) is 7.89. The average Bonchev–Trinajstić information content (AvgIpc) is 3.99. The van der Waals surface area contributed by atoms with E-state index >= 15 is 0 Å². The van der Waals surface area contributed by atoms with E-state index in [0.717, 1.165) is 101 Å². The average molecular weight is 889 g/mol. The van der Waals surface area contributed by atoms with E-state index in [1.807, 2.05) is 43.1 Å². The second-order valence-electron chi connectivity index (χ2n) is 19.9. The second-order valence-corrected chi connectivity index (χ2v) is 19.9. The lowest BCUT2D eigenvalue weighted by Gasteiger charge is -2.38. The zero-order chi connectivity index (χ0) is 45.1. The number of methoxy groups -OCH3 is 1. The Morgan fingerprint density at radius 3 is 2.30 bits per heavy atom. The van der Waals surface area contributed by atoms with Crippen molar-refractivity contribution in [1.82, 2.24) is 40.6 Å². The van der Waals surface area contributed by atoms with Gasteiger partial charge < -0.3 is 40.2 Å². The highest BCUT2D eigenvalue weighted by molar-refractivity contribution is 5.91. The van der Waals surface area contributed by atoms with Gasteiger partial charge in [0.1, 0.15) is 24.1 Å². The van der Waals surface area contributed by atoms with E-state index in [4.69, 9.17) is 14.5 Å². The first-order valence-electron chi connectivity index (χ1n) is 23.9. The van der Waals surface area contributed by atoms with Crippen LogP contribution in [0.1, 0.15) is 81.4 Å². The Morgan fingerprint density at radius 1 is 0.864 bits per heavy atom. The summed E-state index contributed by atoms with van der Waals surface area (Å²) in [6, 6.07) is 31.1. The highest BCUT2D eigenvalue weighted by Crippen LogP contribution is 2.56. The standard InChI is InChI=1S/C53H60N8O5/c1-32(2)45(58-52(64)65-3)50(62)61-41-18-17-40(27-41)46(61)49-55-29-42(57-49)34-11-9-33(10-12-34)36-13-14-38-26-39(16-15-37(38)25-36)43-30-54-48(56-43)44-28-53(19-20-53)31-60(44)51(63)47(35-7-5-4-6-8-35)59-21-23-66-24-22-59/h4-16,25-26,29-30,32,40-41,44-48,54,56H,17-24,27-28,31H2,1-3H3,(H,55,57)(H,58,64)/t40-,41+,44?,45-,46?,47?,48?/m0/s1. The molecular formula is C53H60N8O5. The van der Waals surface area contributed by atoms with Crippen molar-refractivity contribution < 1.29 is 23.9 Å². The molecule has 4 aromatic carbocycles. The lowest BCUT2D eigenvalue weighted by atomic mass is 9.95. The van der Waals surface area contributed by atoms with Crippen molar-refractivity contribution in [2.75, 3.05) is 40.0 Å². The van der Waals surface area contributed by atoms with Gasteiger partial charge in [0.25, 0.3) is 0 Å². The van der Waals surface area contributed by atoms with E-state index in [1.54, 1.807) is 0 Å². The van der Waals surface area contributed by atoms with E-state index in [0.29, 0.717) is 19.1 Å². The van der Waals surface area contributed by atoms with Gasteiger partial charge in [-0.2, -0.15) is 0 Å². The molecule has 5 heterocycles. The van der Waals surface area contributed by atoms with Crippen LogP contribution in [0.2, 0.25) is 0 Å². The van der Waals surface area contributed by atoms with Crippen molar-refractivity contribution in [1.29, 1.82) is 0 Å². The number of alkyl carbamates (subject to hydrolysis) is 1. The Balaban J connectivity index is 0.765. The summed E-state index contributed by atoms with van der Waals surface area (Å²) in [5, 5.41) is 12.6. The predicted molar refractivity (Wildman–Crippen MR) is 253 cm³/mol. The summed E-state index contributed by atoms with van der Waals surface area (Å²) in [6.07, 6.45) is 9.60. The first-order valence-corrected chi connectivity index (χ1v) is 23.9. The number of carbonyl (C=O) groups is 3. The fraction of sp³-hybridized carbons (Fsp3) is 0.434. The number of ether oxygens (including phenoxy) is 2. The third-order valence-corrected chi connectivity index (χ3v) is 15.4. The normalized spacial score (nSPS) is 25.2. The Morgan fingerprint density at radius 2 is 1.58 bits per heavy atom. The number of piperidine rings is 1. The number of amides is 3. The van der Waals surface area contributed by atoms with Crippen molar-refractivity contribution in [3.05, 3.63) is 120 Å². The minimum Gasteiger partial charge on any atom is -0.453 e. The monoisotopic (exact) mass is 888 g/mol. The van der Waals surface area contributed by atoms with Crippen molar-refractivity contribution in [3.8, 4) is 22.4 Å². The van der Waals surface area contributed by atoms with E-state index in [9.17, 15) is 14.4 Å². The number of imidazole rings is 1. The van der Waals surface area contributed by atoms with Gasteiger partial charge in [-0.1, -0.05) is 92.7 Å². The number of H-pyrrole nitrogens is 1. The third-order valence-electron chi connectivity index (χ3n) is 15.4. The number of likely N-dealkylation sites (tertiary alicyclic amines) is 2. The van der Waals surface area contributed by atoms with Gasteiger partial charge in [-0.15, -0.1) is 0 Å². The summed E-state index contributed by atoms with van der Waals surface area (Å²) >= 11 is 0. The molecule has 7 atom stereocenters. The first kappa shape index (κ1) is 42.5. The van der Waals surface area contributed by atoms with Crippen LogP contribution in [0.3, 0.4) is 0 Å². The van der Waals surface area contributed by atoms with Crippen LogP contribution in [0.5, 0.6) is 0 Å². The molecule has 11 rings (SSSR count). The largest absolute Gasteiger partial charge is 0.453 e. The summed E-state index contributed by atoms with van der Waals surface area (Å²) in [4.78, 5) is 55.8. The quantitative estimate of drug-likeness (QED) is 0.105.